The first-order valence-corrected chi connectivity index (χ1v) is 5.95. The Labute approximate surface area is 109 Å². The summed E-state index contributed by atoms with van der Waals surface area (Å²) in [5, 5.41) is 15.6. The van der Waals surface area contributed by atoms with Crippen LogP contribution in [-0.2, 0) is 24.2 Å². The van der Waals surface area contributed by atoms with Crippen molar-refractivity contribution in [3.8, 4) is 0 Å². The predicted octanol–water partition coefficient (Wildman–Crippen LogP) is 0.760. The lowest BCUT2D eigenvalue weighted by atomic mass is 10.1. The van der Waals surface area contributed by atoms with Gasteiger partial charge in [0.1, 0.15) is 5.82 Å². The fraction of sp³-hybridized carbons (Fsp3) is 0.333. The summed E-state index contributed by atoms with van der Waals surface area (Å²) in [5.41, 5.74) is 1.39. The van der Waals surface area contributed by atoms with Crippen LogP contribution in [-0.4, -0.2) is 26.5 Å². The molecule has 0 aliphatic rings. The molecule has 0 atom stereocenters. The number of nitrogens with zero attached hydrogens (tertiary/aromatic N) is 3. The van der Waals surface area contributed by atoms with Crippen molar-refractivity contribution >= 4 is 5.91 Å². The smallest absolute Gasteiger partial charge is 0.228 e. The van der Waals surface area contributed by atoms with Crippen LogP contribution in [0, 0.1) is 5.82 Å². The van der Waals surface area contributed by atoms with Gasteiger partial charge in [0, 0.05) is 12.1 Å². The summed E-state index contributed by atoms with van der Waals surface area (Å²) in [6.45, 7) is 2.10. The number of amides is 1. The number of hydrogen-bond acceptors (Lipinski definition) is 4. The summed E-state index contributed by atoms with van der Waals surface area (Å²) >= 11 is 0. The van der Waals surface area contributed by atoms with Gasteiger partial charge in [-0.3, -0.25) is 4.79 Å². The second-order valence-electron chi connectivity index (χ2n) is 4.06. The highest BCUT2D eigenvalue weighted by atomic mass is 19.1. The number of benzene rings is 1. The molecule has 7 heteroatoms. The van der Waals surface area contributed by atoms with Crippen LogP contribution in [0.25, 0.3) is 0 Å². The molecule has 0 unspecified atom stereocenters. The van der Waals surface area contributed by atoms with Crippen LogP contribution in [0.5, 0.6) is 0 Å². The van der Waals surface area contributed by atoms with Gasteiger partial charge in [-0.2, -0.15) is 5.21 Å². The van der Waals surface area contributed by atoms with Crippen LogP contribution in [0.4, 0.5) is 4.39 Å². The number of carbonyl (C=O) groups excluding carboxylic acids is 1. The van der Waals surface area contributed by atoms with E-state index in [1.54, 1.807) is 6.07 Å². The Morgan fingerprint density at radius 1 is 1.47 bits per heavy atom. The van der Waals surface area contributed by atoms with Gasteiger partial charge in [0.25, 0.3) is 0 Å². The third-order valence-electron chi connectivity index (χ3n) is 2.71. The fourth-order valence-corrected chi connectivity index (χ4v) is 1.61. The van der Waals surface area contributed by atoms with Gasteiger partial charge in [0.15, 0.2) is 5.82 Å². The van der Waals surface area contributed by atoms with Gasteiger partial charge in [-0.25, -0.2) is 4.39 Å². The number of hydrogen-bond donors (Lipinski definition) is 2. The molecule has 0 saturated heterocycles. The topological polar surface area (TPSA) is 83.6 Å². The zero-order valence-corrected chi connectivity index (χ0v) is 10.5. The molecule has 0 bridgehead atoms. The van der Waals surface area contributed by atoms with E-state index >= 15 is 0 Å². The van der Waals surface area contributed by atoms with E-state index in [2.05, 4.69) is 25.9 Å². The predicted molar refractivity (Wildman–Crippen MR) is 65.5 cm³/mol. The monoisotopic (exact) mass is 263 g/mol. The Morgan fingerprint density at radius 2 is 2.32 bits per heavy atom. The number of aromatic amines is 1. The normalized spacial score (nSPS) is 10.4. The maximum absolute atomic E-state index is 13.7. The lowest BCUT2D eigenvalue weighted by Crippen LogP contribution is -2.25. The van der Waals surface area contributed by atoms with Gasteiger partial charge >= 0.3 is 0 Å². The summed E-state index contributed by atoms with van der Waals surface area (Å²) in [6.07, 6.45) is 0.798. The van der Waals surface area contributed by atoms with Crippen molar-refractivity contribution in [1.29, 1.82) is 0 Å². The molecule has 6 nitrogen and oxygen atoms in total. The third-order valence-corrected chi connectivity index (χ3v) is 2.71. The first kappa shape index (κ1) is 13.1. The molecule has 2 rings (SSSR count). The number of tetrazole rings is 1. The third kappa shape index (κ3) is 3.57. The molecule has 100 valence electrons. The van der Waals surface area contributed by atoms with Crippen molar-refractivity contribution in [3.05, 3.63) is 41.0 Å². The number of aromatic nitrogens is 4. The minimum Gasteiger partial charge on any atom is -0.352 e. The van der Waals surface area contributed by atoms with E-state index in [1.165, 1.54) is 6.07 Å². The summed E-state index contributed by atoms with van der Waals surface area (Å²) in [6, 6.07) is 5.02. The molecule has 0 aliphatic heterocycles. The molecule has 0 aliphatic carbocycles. The maximum Gasteiger partial charge on any atom is 0.228 e. The summed E-state index contributed by atoms with van der Waals surface area (Å²) < 4.78 is 13.7. The Hall–Kier alpha value is -2.31. The van der Waals surface area contributed by atoms with E-state index < -0.39 is 0 Å². The zero-order chi connectivity index (χ0) is 13.7. The second kappa shape index (κ2) is 6.03. The summed E-state index contributed by atoms with van der Waals surface area (Å²) in [4.78, 5) is 11.6. The molecule has 19 heavy (non-hydrogen) atoms. The van der Waals surface area contributed by atoms with Crippen LogP contribution < -0.4 is 5.32 Å². The van der Waals surface area contributed by atoms with Gasteiger partial charge in [0.05, 0.1) is 6.42 Å². The van der Waals surface area contributed by atoms with Crippen molar-refractivity contribution in [2.45, 2.75) is 26.3 Å². The zero-order valence-electron chi connectivity index (χ0n) is 10.5. The highest BCUT2D eigenvalue weighted by Crippen LogP contribution is 2.10. The molecule has 2 aromatic rings. The highest BCUT2D eigenvalue weighted by molar-refractivity contribution is 5.77. The van der Waals surface area contributed by atoms with Crippen LogP contribution in [0.2, 0.25) is 0 Å². The SMILES string of the molecule is CCc1ccc(CNC(=O)Cc2nn[nH]n2)c(F)c1. The van der Waals surface area contributed by atoms with E-state index in [1.807, 2.05) is 13.0 Å². The quantitative estimate of drug-likeness (QED) is 0.834. The molecule has 0 spiro atoms. The number of rotatable bonds is 5. The fourth-order valence-electron chi connectivity index (χ4n) is 1.61. The van der Waals surface area contributed by atoms with Gasteiger partial charge in [-0.1, -0.05) is 24.3 Å². The molecule has 0 saturated carbocycles. The highest BCUT2D eigenvalue weighted by Gasteiger charge is 2.08. The average Bonchev–Trinajstić information content (AvgIpc) is 2.90. The van der Waals surface area contributed by atoms with E-state index in [9.17, 15) is 9.18 Å². The summed E-state index contributed by atoms with van der Waals surface area (Å²) in [7, 11) is 0. The second-order valence-corrected chi connectivity index (χ2v) is 4.06. The van der Waals surface area contributed by atoms with Crippen molar-refractivity contribution < 1.29 is 9.18 Å². The molecular weight excluding hydrogens is 249 g/mol. The van der Waals surface area contributed by atoms with E-state index in [-0.39, 0.29) is 24.7 Å². The van der Waals surface area contributed by atoms with Crippen LogP contribution in [0.15, 0.2) is 18.2 Å². The van der Waals surface area contributed by atoms with Crippen molar-refractivity contribution in [1.82, 2.24) is 25.9 Å². The van der Waals surface area contributed by atoms with Crippen LogP contribution >= 0.6 is 0 Å². The number of aryl methyl sites for hydroxylation is 1. The molecule has 1 amide bonds. The van der Waals surface area contributed by atoms with Gasteiger partial charge < -0.3 is 5.32 Å². The van der Waals surface area contributed by atoms with Crippen molar-refractivity contribution in [2.75, 3.05) is 0 Å². The first-order valence-electron chi connectivity index (χ1n) is 5.95. The molecule has 1 aromatic carbocycles. The lowest BCUT2D eigenvalue weighted by Gasteiger charge is -2.06. The molecule has 0 radical (unpaired) electrons. The molecular formula is C12H14FN5O. The Morgan fingerprint density at radius 3 is 2.95 bits per heavy atom. The van der Waals surface area contributed by atoms with Crippen LogP contribution in [0.3, 0.4) is 0 Å². The molecule has 2 N–H and O–H groups in total. The molecule has 0 fully saturated rings. The van der Waals surface area contributed by atoms with Gasteiger partial charge in [-0.05, 0) is 18.1 Å². The van der Waals surface area contributed by atoms with Gasteiger partial charge in [0.2, 0.25) is 5.91 Å². The largest absolute Gasteiger partial charge is 0.352 e. The van der Waals surface area contributed by atoms with E-state index in [0.717, 1.165) is 12.0 Å². The standard InChI is InChI=1S/C12H14FN5O/c1-2-8-3-4-9(10(13)5-8)7-14-12(19)6-11-15-17-18-16-11/h3-5H,2,6-7H2,1H3,(H,14,19)(H,15,16,17,18). The lowest BCUT2D eigenvalue weighted by molar-refractivity contribution is -0.120. The van der Waals surface area contributed by atoms with E-state index in [0.29, 0.717) is 11.4 Å². The number of halogens is 1. The van der Waals surface area contributed by atoms with Gasteiger partial charge in [-0.15, -0.1) is 10.2 Å². The summed E-state index contributed by atoms with van der Waals surface area (Å²) in [5.74, 6) is -0.279. The molecule has 1 aromatic heterocycles. The number of carbonyl (C=O) groups is 1. The Kier molecular flexibility index (Phi) is 4.17. The van der Waals surface area contributed by atoms with Crippen molar-refractivity contribution in [2.24, 2.45) is 0 Å². The first-order chi connectivity index (χ1) is 9.19. The number of H-pyrrole nitrogens is 1. The van der Waals surface area contributed by atoms with E-state index in [4.69, 9.17) is 0 Å². The van der Waals surface area contributed by atoms with Crippen molar-refractivity contribution in [3.63, 3.8) is 0 Å². The Balaban J connectivity index is 1.90. The number of nitrogens with one attached hydrogen (secondary N) is 2. The Bertz CT molecular complexity index is 555. The molecule has 1 heterocycles. The minimum atomic E-state index is -0.306. The van der Waals surface area contributed by atoms with Crippen LogP contribution in [0.1, 0.15) is 23.9 Å². The average molecular weight is 263 g/mol. The maximum atomic E-state index is 13.7. The minimum absolute atomic E-state index is 0.0190.